The SMILES string of the molecule is Cc1nc(C(=O)NCC(C)(O)CN(C)C)no1. The van der Waals surface area contributed by atoms with Gasteiger partial charge in [-0.3, -0.25) is 4.79 Å². The van der Waals surface area contributed by atoms with E-state index in [-0.39, 0.29) is 12.4 Å². The van der Waals surface area contributed by atoms with Gasteiger partial charge in [0.2, 0.25) is 5.89 Å². The first-order chi connectivity index (χ1) is 7.80. The Balaban J connectivity index is 2.48. The van der Waals surface area contributed by atoms with Gasteiger partial charge in [0.15, 0.2) is 0 Å². The molecule has 1 unspecified atom stereocenters. The number of hydrogen-bond donors (Lipinski definition) is 2. The molecule has 0 aliphatic heterocycles. The number of nitrogens with zero attached hydrogens (tertiary/aromatic N) is 3. The van der Waals surface area contributed by atoms with Crippen LogP contribution in [0.25, 0.3) is 0 Å². The summed E-state index contributed by atoms with van der Waals surface area (Å²) in [5, 5.41) is 16.0. The molecule has 7 nitrogen and oxygen atoms in total. The summed E-state index contributed by atoms with van der Waals surface area (Å²) in [7, 11) is 3.69. The summed E-state index contributed by atoms with van der Waals surface area (Å²) < 4.78 is 4.69. The van der Waals surface area contributed by atoms with Crippen molar-refractivity contribution in [2.24, 2.45) is 0 Å². The summed E-state index contributed by atoms with van der Waals surface area (Å²) in [5.74, 6) is -0.153. The molecule has 1 atom stereocenters. The maximum atomic E-state index is 11.6. The lowest BCUT2D eigenvalue weighted by Gasteiger charge is -2.26. The van der Waals surface area contributed by atoms with Gasteiger partial charge in [-0.15, -0.1) is 0 Å². The Morgan fingerprint density at radius 2 is 2.24 bits per heavy atom. The molecule has 96 valence electrons. The summed E-state index contributed by atoms with van der Waals surface area (Å²) >= 11 is 0. The van der Waals surface area contributed by atoms with E-state index in [9.17, 15) is 9.90 Å². The van der Waals surface area contributed by atoms with E-state index >= 15 is 0 Å². The van der Waals surface area contributed by atoms with Crippen LogP contribution in [0, 0.1) is 6.92 Å². The number of amides is 1. The Kier molecular flexibility index (Phi) is 4.19. The molecule has 1 heterocycles. The van der Waals surface area contributed by atoms with Crippen molar-refractivity contribution in [2.45, 2.75) is 19.4 Å². The average molecular weight is 242 g/mol. The predicted octanol–water partition coefficient (Wildman–Crippen LogP) is -0.580. The van der Waals surface area contributed by atoms with Crippen molar-refractivity contribution in [2.75, 3.05) is 27.2 Å². The fraction of sp³-hybridized carbons (Fsp3) is 0.700. The van der Waals surface area contributed by atoms with Crippen molar-refractivity contribution in [3.8, 4) is 0 Å². The number of aryl methyl sites for hydroxylation is 1. The summed E-state index contributed by atoms with van der Waals surface area (Å²) in [4.78, 5) is 17.2. The molecular formula is C10H18N4O3. The molecule has 0 radical (unpaired) electrons. The van der Waals surface area contributed by atoms with Crippen LogP contribution in [0.5, 0.6) is 0 Å². The van der Waals surface area contributed by atoms with Crippen LogP contribution in [-0.2, 0) is 0 Å². The number of aromatic nitrogens is 2. The minimum atomic E-state index is -1.00. The van der Waals surface area contributed by atoms with Crippen molar-refractivity contribution in [1.29, 1.82) is 0 Å². The molecule has 2 N–H and O–H groups in total. The highest BCUT2D eigenvalue weighted by atomic mass is 16.5. The molecule has 1 aromatic rings. The minimum Gasteiger partial charge on any atom is -0.387 e. The Hall–Kier alpha value is -1.47. The first-order valence-electron chi connectivity index (χ1n) is 5.26. The van der Waals surface area contributed by atoms with Gasteiger partial charge < -0.3 is 19.8 Å². The zero-order valence-corrected chi connectivity index (χ0v) is 10.5. The fourth-order valence-corrected chi connectivity index (χ4v) is 1.48. The van der Waals surface area contributed by atoms with E-state index in [1.165, 1.54) is 0 Å². The molecule has 1 aromatic heterocycles. The third kappa shape index (κ3) is 4.49. The smallest absolute Gasteiger partial charge is 0.292 e. The lowest BCUT2D eigenvalue weighted by atomic mass is 10.1. The molecular weight excluding hydrogens is 224 g/mol. The molecule has 0 aliphatic carbocycles. The maximum Gasteiger partial charge on any atom is 0.292 e. The van der Waals surface area contributed by atoms with E-state index in [2.05, 4.69) is 20.0 Å². The third-order valence-corrected chi connectivity index (χ3v) is 2.02. The van der Waals surface area contributed by atoms with Crippen LogP contribution in [0.15, 0.2) is 4.52 Å². The Morgan fingerprint density at radius 1 is 1.59 bits per heavy atom. The second kappa shape index (κ2) is 5.24. The molecule has 0 saturated heterocycles. The Bertz CT molecular complexity index is 387. The van der Waals surface area contributed by atoms with Gasteiger partial charge in [-0.1, -0.05) is 5.16 Å². The van der Waals surface area contributed by atoms with Crippen molar-refractivity contribution >= 4 is 5.91 Å². The topological polar surface area (TPSA) is 91.5 Å². The standard InChI is InChI=1S/C10H18N4O3/c1-7-12-8(13-17-7)9(15)11-5-10(2,16)6-14(3)4/h16H,5-6H2,1-4H3,(H,11,15). The average Bonchev–Trinajstić information content (AvgIpc) is 2.59. The van der Waals surface area contributed by atoms with Crippen LogP contribution in [-0.4, -0.2) is 58.8 Å². The van der Waals surface area contributed by atoms with E-state index in [0.29, 0.717) is 12.4 Å². The highest BCUT2D eigenvalue weighted by Crippen LogP contribution is 2.03. The first kappa shape index (κ1) is 13.6. The van der Waals surface area contributed by atoms with Crippen LogP contribution in [0.2, 0.25) is 0 Å². The molecule has 17 heavy (non-hydrogen) atoms. The van der Waals surface area contributed by atoms with Crippen LogP contribution < -0.4 is 5.32 Å². The van der Waals surface area contributed by atoms with Gasteiger partial charge in [-0.2, -0.15) is 4.98 Å². The van der Waals surface area contributed by atoms with Crippen LogP contribution in [0.4, 0.5) is 0 Å². The van der Waals surface area contributed by atoms with Gasteiger partial charge in [0.05, 0.1) is 5.60 Å². The Labute approximate surface area is 99.8 Å². The van der Waals surface area contributed by atoms with Crippen molar-refractivity contribution in [3.63, 3.8) is 0 Å². The van der Waals surface area contributed by atoms with Gasteiger partial charge in [-0.05, 0) is 21.0 Å². The molecule has 0 spiro atoms. The van der Waals surface area contributed by atoms with Gasteiger partial charge in [-0.25, -0.2) is 0 Å². The number of nitrogens with one attached hydrogen (secondary N) is 1. The van der Waals surface area contributed by atoms with E-state index in [0.717, 1.165) is 0 Å². The maximum absolute atomic E-state index is 11.6. The monoisotopic (exact) mass is 242 g/mol. The fourth-order valence-electron chi connectivity index (χ4n) is 1.48. The number of carbonyl (C=O) groups excluding carboxylic acids is 1. The number of rotatable bonds is 5. The van der Waals surface area contributed by atoms with Crippen molar-refractivity contribution in [1.82, 2.24) is 20.4 Å². The summed E-state index contributed by atoms with van der Waals surface area (Å²) in [6.07, 6.45) is 0. The molecule has 0 aromatic carbocycles. The van der Waals surface area contributed by atoms with Gasteiger partial charge >= 0.3 is 0 Å². The van der Waals surface area contributed by atoms with Gasteiger partial charge in [0, 0.05) is 20.0 Å². The van der Waals surface area contributed by atoms with Gasteiger partial charge in [0.25, 0.3) is 11.7 Å². The lowest BCUT2D eigenvalue weighted by molar-refractivity contribution is 0.0324. The Morgan fingerprint density at radius 3 is 2.71 bits per heavy atom. The summed E-state index contributed by atoms with van der Waals surface area (Å²) in [6, 6.07) is 0. The summed E-state index contributed by atoms with van der Waals surface area (Å²) in [6.45, 7) is 3.82. The number of carbonyl (C=O) groups is 1. The number of hydrogen-bond acceptors (Lipinski definition) is 6. The predicted molar refractivity (Wildman–Crippen MR) is 60.5 cm³/mol. The normalized spacial score (nSPS) is 14.7. The quantitative estimate of drug-likeness (QED) is 0.718. The van der Waals surface area contributed by atoms with Crippen molar-refractivity contribution in [3.05, 3.63) is 11.7 Å². The van der Waals surface area contributed by atoms with E-state index in [1.807, 2.05) is 19.0 Å². The molecule has 0 saturated carbocycles. The highest BCUT2D eigenvalue weighted by Gasteiger charge is 2.23. The number of likely N-dealkylation sites (N-methyl/N-ethyl adjacent to an activating group) is 1. The molecule has 7 heteroatoms. The molecule has 1 amide bonds. The largest absolute Gasteiger partial charge is 0.387 e. The second-order valence-electron chi connectivity index (χ2n) is 4.55. The molecule has 0 bridgehead atoms. The van der Waals surface area contributed by atoms with Crippen LogP contribution in [0.1, 0.15) is 23.4 Å². The molecule has 0 aliphatic rings. The highest BCUT2D eigenvalue weighted by molar-refractivity contribution is 5.90. The summed E-state index contributed by atoms with van der Waals surface area (Å²) in [5.41, 5.74) is -1.00. The number of aliphatic hydroxyl groups is 1. The van der Waals surface area contributed by atoms with E-state index in [1.54, 1.807) is 13.8 Å². The zero-order valence-electron chi connectivity index (χ0n) is 10.5. The second-order valence-corrected chi connectivity index (χ2v) is 4.55. The molecule has 0 fully saturated rings. The minimum absolute atomic E-state index is 0.0249. The first-order valence-corrected chi connectivity index (χ1v) is 5.26. The zero-order chi connectivity index (χ0) is 13.1. The molecule has 1 rings (SSSR count). The van der Waals surface area contributed by atoms with Crippen LogP contribution >= 0.6 is 0 Å². The van der Waals surface area contributed by atoms with Crippen molar-refractivity contribution < 1.29 is 14.4 Å². The van der Waals surface area contributed by atoms with E-state index in [4.69, 9.17) is 0 Å². The van der Waals surface area contributed by atoms with Gasteiger partial charge in [0.1, 0.15) is 0 Å². The van der Waals surface area contributed by atoms with E-state index < -0.39 is 11.5 Å². The van der Waals surface area contributed by atoms with Crippen LogP contribution in [0.3, 0.4) is 0 Å². The lowest BCUT2D eigenvalue weighted by Crippen LogP contribution is -2.47. The third-order valence-electron chi connectivity index (χ3n) is 2.02.